The Balaban J connectivity index is 5.05. The standard InChI is InChI=1S/C66H125N2O7P/c1-7-10-13-16-19-22-25-27-29-30-31-32-33-34-35-36-37-38-39-40-43-46-49-52-55-58-65(69)67-63(62-74-76(71,72)73-61-60-68(4,5)6)64(57-54-51-48-45-42-24-21-18-15-12-9-3)75-66(70)59-56-53-50-47-44-41-28-26-23-20-17-14-11-8-2/h19,22,27,29,41,44,54,57,63-64H,7-18,20-21,23-26,28,30-40,42-43,45-53,55-56,58-62H2,1-6H3,(H-,67,69,71,72)/p+1/b22-19-,29-27-,44-41-,57-54-. The van der Waals surface area contributed by atoms with Gasteiger partial charge in [-0.1, -0.05) is 256 Å². The van der Waals surface area contributed by atoms with Crippen LogP contribution in [0, 0.1) is 0 Å². The van der Waals surface area contributed by atoms with Crippen LogP contribution in [0.3, 0.4) is 0 Å². The van der Waals surface area contributed by atoms with Crippen LogP contribution < -0.4 is 5.32 Å². The Morgan fingerprint density at radius 2 is 0.803 bits per heavy atom. The fraction of sp³-hybridized carbons (Fsp3) is 0.848. The van der Waals surface area contributed by atoms with Crippen LogP contribution in [0.15, 0.2) is 48.6 Å². The number of nitrogens with zero attached hydrogens (tertiary/aromatic N) is 1. The van der Waals surface area contributed by atoms with Gasteiger partial charge in [0, 0.05) is 12.8 Å². The van der Waals surface area contributed by atoms with Gasteiger partial charge in [-0.2, -0.15) is 0 Å². The maximum Gasteiger partial charge on any atom is 0.472 e. The zero-order chi connectivity index (χ0) is 55.7. The van der Waals surface area contributed by atoms with Crippen LogP contribution in [-0.2, 0) is 27.9 Å². The van der Waals surface area contributed by atoms with Crippen LogP contribution in [0.4, 0.5) is 0 Å². The summed E-state index contributed by atoms with van der Waals surface area (Å²) in [6, 6.07) is -0.852. The number of quaternary nitrogens is 1. The lowest BCUT2D eigenvalue weighted by atomic mass is 10.0. The normalized spacial score (nSPS) is 13.9. The summed E-state index contributed by atoms with van der Waals surface area (Å²) >= 11 is 0. The number of esters is 1. The Morgan fingerprint density at radius 1 is 0.461 bits per heavy atom. The number of likely N-dealkylation sites (N-methyl/N-ethyl adjacent to an activating group) is 1. The van der Waals surface area contributed by atoms with Crippen LogP contribution >= 0.6 is 7.82 Å². The molecule has 0 rings (SSSR count). The van der Waals surface area contributed by atoms with Gasteiger partial charge in [0.2, 0.25) is 5.91 Å². The first kappa shape index (κ1) is 74.0. The van der Waals surface area contributed by atoms with Crippen molar-refractivity contribution >= 4 is 19.7 Å². The number of hydrogen-bond acceptors (Lipinski definition) is 6. The van der Waals surface area contributed by atoms with Crippen molar-refractivity contribution in [3.63, 3.8) is 0 Å². The van der Waals surface area contributed by atoms with Crippen molar-refractivity contribution in [2.24, 2.45) is 0 Å². The Kier molecular flexibility index (Phi) is 54.7. The molecule has 0 aromatic heterocycles. The third kappa shape index (κ3) is 56.7. The highest BCUT2D eigenvalue weighted by molar-refractivity contribution is 7.47. The van der Waals surface area contributed by atoms with Crippen molar-refractivity contribution in [1.82, 2.24) is 5.32 Å². The van der Waals surface area contributed by atoms with Gasteiger partial charge >= 0.3 is 13.8 Å². The monoisotopic (exact) mass is 1090 g/mol. The van der Waals surface area contributed by atoms with Gasteiger partial charge in [-0.15, -0.1) is 0 Å². The zero-order valence-corrected chi connectivity index (χ0v) is 51.9. The summed E-state index contributed by atoms with van der Waals surface area (Å²) in [4.78, 5) is 37.7. The number of carbonyl (C=O) groups is 2. The molecule has 0 saturated heterocycles. The van der Waals surface area contributed by atoms with Gasteiger partial charge in [-0.25, -0.2) is 4.57 Å². The first-order valence-electron chi connectivity index (χ1n) is 32.5. The summed E-state index contributed by atoms with van der Waals surface area (Å²) in [6.45, 7) is 7.00. The van der Waals surface area contributed by atoms with Crippen molar-refractivity contribution in [1.29, 1.82) is 0 Å². The Labute approximate surface area is 471 Å². The van der Waals surface area contributed by atoms with Crippen LogP contribution in [0.1, 0.15) is 310 Å². The molecule has 3 atom stereocenters. The summed E-state index contributed by atoms with van der Waals surface area (Å²) in [5.41, 5.74) is 0. The van der Waals surface area contributed by atoms with E-state index in [1.165, 1.54) is 199 Å². The molecule has 0 aliphatic heterocycles. The number of rotatable bonds is 59. The largest absolute Gasteiger partial charge is 0.472 e. The van der Waals surface area contributed by atoms with E-state index < -0.39 is 20.0 Å². The number of phosphoric acid groups is 1. The van der Waals surface area contributed by atoms with Crippen LogP contribution in [0.25, 0.3) is 0 Å². The topological polar surface area (TPSA) is 111 Å². The molecule has 9 nitrogen and oxygen atoms in total. The minimum absolute atomic E-state index is 0.0390. The number of phosphoric ester groups is 1. The molecule has 0 fully saturated rings. The van der Waals surface area contributed by atoms with Crippen molar-refractivity contribution < 1.29 is 37.3 Å². The van der Waals surface area contributed by atoms with E-state index in [4.69, 9.17) is 13.8 Å². The minimum Gasteiger partial charge on any atom is -0.456 e. The molecule has 0 radical (unpaired) electrons. The van der Waals surface area contributed by atoms with Gasteiger partial charge in [-0.3, -0.25) is 18.6 Å². The molecule has 0 saturated carbocycles. The lowest BCUT2D eigenvalue weighted by Gasteiger charge is -2.27. The van der Waals surface area contributed by atoms with E-state index in [1.54, 1.807) is 0 Å². The van der Waals surface area contributed by atoms with Crippen molar-refractivity contribution in [3.8, 4) is 0 Å². The van der Waals surface area contributed by atoms with Crippen molar-refractivity contribution in [2.45, 2.75) is 322 Å². The molecule has 0 heterocycles. The highest BCUT2D eigenvalue weighted by Crippen LogP contribution is 2.43. The SMILES string of the molecule is CCCCC/C=C\C/C=C\CCCCCCCCCCCCCCCCCC(=O)NC(COP(=O)(O)OCC[N+](C)(C)C)C(/C=C\CCCCCCCCCCC)OC(=O)CCCCC/C=C\CCCCCCCCC. The summed E-state index contributed by atoms with van der Waals surface area (Å²) in [6.07, 6.45) is 69.8. The molecule has 2 N–H and O–H groups in total. The molecule has 1 amide bonds. The predicted molar refractivity (Wildman–Crippen MR) is 328 cm³/mol. The van der Waals surface area contributed by atoms with Crippen LogP contribution in [-0.4, -0.2) is 74.3 Å². The van der Waals surface area contributed by atoms with E-state index in [2.05, 4.69) is 62.5 Å². The molecule has 10 heteroatoms. The van der Waals surface area contributed by atoms with Gasteiger partial charge in [-0.05, 0) is 89.5 Å². The highest BCUT2D eigenvalue weighted by atomic mass is 31.2. The van der Waals surface area contributed by atoms with E-state index >= 15 is 0 Å². The highest BCUT2D eigenvalue weighted by Gasteiger charge is 2.30. The zero-order valence-electron chi connectivity index (χ0n) is 51.0. The smallest absolute Gasteiger partial charge is 0.456 e. The van der Waals surface area contributed by atoms with Crippen LogP contribution in [0.2, 0.25) is 0 Å². The molecule has 76 heavy (non-hydrogen) atoms. The van der Waals surface area contributed by atoms with Crippen LogP contribution in [0.5, 0.6) is 0 Å². The van der Waals surface area contributed by atoms with Gasteiger partial charge < -0.3 is 19.4 Å². The Bertz CT molecular complexity index is 1440. The molecule has 3 unspecified atom stereocenters. The second-order valence-corrected chi connectivity index (χ2v) is 24.7. The molecular formula is C66H126N2O7P+. The van der Waals surface area contributed by atoms with Crippen molar-refractivity contribution in [2.75, 3.05) is 40.9 Å². The van der Waals surface area contributed by atoms with E-state index in [0.717, 1.165) is 77.0 Å². The quantitative estimate of drug-likeness (QED) is 0.0205. The lowest BCUT2D eigenvalue weighted by molar-refractivity contribution is -0.870. The maximum absolute atomic E-state index is 13.6. The molecular weight excluding hydrogens is 964 g/mol. The van der Waals surface area contributed by atoms with E-state index in [0.29, 0.717) is 17.4 Å². The molecule has 0 aromatic carbocycles. The fourth-order valence-corrected chi connectivity index (χ4v) is 10.2. The fourth-order valence-electron chi connectivity index (χ4n) is 9.44. The maximum atomic E-state index is 13.6. The average Bonchev–Trinajstić information content (AvgIpc) is 3.38. The first-order chi connectivity index (χ1) is 36.9. The molecule has 446 valence electrons. The predicted octanol–water partition coefficient (Wildman–Crippen LogP) is 20.1. The molecule has 0 aliphatic rings. The van der Waals surface area contributed by atoms with Gasteiger partial charge in [0.25, 0.3) is 0 Å². The van der Waals surface area contributed by atoms with Gasteiger partial charge in [0.1, 0.15) is 19.3 Å². The number of unbranched alkanes of at least 4 members (excludes halogenated alkanes) is 37. The summed E-state index contributed by atoms with van der Waals surface area (Å²) < 4.78 is 30.7. The molecule has 0 spiro atoms. The second kappa shape index (κ2) is 56.3. The third-order valence-electron chi connectivity index (χ3n) is 14.5. The number of ether oxygens (including phenoxy) is 1. The van der Waals surface area contributed by atoms with E-state index in [-0.39, 0.29) is 31.5 Å². The van der Waals surface area contributed by atoms with E-state index in [9.17, 15) is 19.0 Å². The number of carbonyl (C=O) groups excluding carboxylic acids is 2. The summed E-state index contributed by atoms with van der Waals surface area (Å²) in [5, 5.41) is 3.06. The van der Waals surface area contributed by atoms with E-state index in [1.807, 2.05) is 33.3 Å². The second-order valence-electron chi connectivity index (χ2n) is 23.3. The lowest BCUT2D eigenvalue weighted by Crippen LogP contribution is -2.47. The Hall–Kier alpha value is -2.03. The number of nitrogens with one attached hydrogen (secondary N) is 1. The summed E-state index contributed by atoms with van der Waals surface area (Å²) in [5.74, 6) is -0.514. The molecule has 0 bridgehead atoms. The number of hydrogen-bond donors (Lipinski definition) is 2. The molecule has 0 aliphatic carbocycles. The minimum atomic E-state index is -4.45. The number of amides is 1. The van der Waals surface area contributed by atoms with Gasteiger partial charge in [0.15, 0.2) is 0 Å². The number of allylic oxidation sites excluding steroid dienone is 7. The summed E-state index contributed by atoms with van der Waals surface area (Å²) in [7, 11) is 1.50. The molecule has 0 aromatic rings. The first-order valence-corrected chi connectivity index (χ1v) is 34.0. The average molecular weight is 1090 g/mol. The van der Waals surface area contributed by atoms with Crippen molar-refractivity contribution in [3.05, 3.63) is 48.6 Å². The Morgan fingerprint density at radius 3 is 1.24 bits per heavy atom. The van der Waals surface area contributed by atoms with Gasteiger partial charge in [0.05, 0.1) is 33.8 Å². The third-order valence-corrected chi connectivity index (χ3v) is 15.5.